The minimum Gasteiger partial charge on any atom is -0.393 e. The molecule has 2 aliphatic rings. The summed E-state index contributed by atoms with van der Waals surface area (Å²) in [6.45, 7) is 6.56. The highest BCUT2D eigenvalue weighted by molar-refractivity contribution is 6.21. The normalized spacial score (nSPS) is 24.5. The zero-order valence-electron chi connectivity index (χ0n) is 16.8. The van der Waals surface area contributed by atoms with Crippen molar-refractivity contribution in [1.29, 1.82) is 0 Å². The van der Waals surface area contributed by atoms with Crippen LogP contribution >= 0.6 is 0 Å². The summed E-state index contributed by atoms with van der Waals surface area (Å²) in [5.41, 5.74) is -0.272. The van der Waals surface area contributed by atoms with Crippen LogP contribution in [0.1, 0.15) is 56.8 Å². The van der Waals surface area contributed by atoms with Gasteiger partial charge in [0.25, 0.3) is 11.8 Å². The van der Waals surface area contributed by atoms with Crippen LogP contribution in [0.3, 0.4) is 0 Å². The summed E-state index contributed by atoms with van der Waals surface area (Å²) < 4.78 is 0. The molecule has 1 saturated heterocycles. The number of amides is 2. The van der Waals surface area contributed by atoms with E-state index in [0.29, 0.717) is 30.1 Å². The van der Waals surface area contributed by atoms with Crippen molar-refractivity contribution >= 4 is 23.2 Å². The second kappa shape index (κ2) is 8.01. The second-order valence-electron chi connectivity index (χ2n) is 7.67. The SMILES string of the molecule is CC[C@H](O)C1CCN(C(=O)c2cccc(N3N=C(C)[C@](O)(CC)C3=O)c2)CC1. The fourth-order valence-corrected chi connectivity index (χ4v) is 3.96. The molecule has 0 radical (unpaired) electrons. The van der Waals surface area contributed by atoms with Gasteiger partial charge >= 0.3 is 0 Å². The summed E-state index contributed by atoms with van der Waals surface area (Å²) in [4.78, 5) is 27.3. The first kappa shape index (κ1) is 20.5. The van der Waals surface area contributed by atoms with Gasteiger partial charge in [0.15, 0.2) is 5.60 Å². The number of likely N-dealkylation sites (tertiary alicyclic amines) is 1. The maximum atomic E-state index is 12.9. The number of piperidine rings is 1. The van der Waals surface area contributed by atoms with Gasteiger partial charge in [-0.05, 0) is 56.7 Å². The van der Waals surface area contributed by atoms with Crippen LogP contribution in [0.2, 0.25) is 0 Å². The van der Waals surface area contributed by atoms with Crippen LogP contribution in [0.15, 0.2) is 29.4 Å². The number of carbonyl (C=O) groups excluding carboxylic acids is 2. The van der Waals surface area contributed by atoms with Gasteiger partial charge in [0, 0.05) is 18.7 Å². The van der Waals surface area contributed by atoms with Gasteiger partial charge in [-0.2, -0.15) is 10.1 Å². The molecule has 7 heteroatoms. The molecule has 0 aromatic heterocycles. The average molecular weight is 387 g/mol. The van der Waals surface area contributed by atoms with E-state index in [9.17, 15) is 19.8 Å². The number of hydrogen-bond donors (Lipinski definition) is 2. The number of nitrogens with zero attached hydrogens (tertiary/aromatic N) is 3. The average Bonchev–Trinajstić information content (AvgIpc) is 2.97. The number of hydrazone groups is 1. The van der Waals surface area contributed by atoms with Crippen molar-refractivity contribution in [3.05, 3.63) is 29.8 Å². The zero-order chi connectivity index (χ0) is 20.5. The van der Waals surface area contributed by atoms with E-state index in [1.54, 1.807) is 43.0 Å². The number of rotatable bonds is 5. The van der Waals surface area contributed by atoms with Crippen LogP contribution in [-0.2, 0) is 4.79 Å². The number of aliphatic hydroxyl groups is 2. The largest absolute Gasteiger partial charge is 0.393 e. The molecule has 1 fully saturated rings. The summed E-state index contributed by atoms with van der Waals surface area (Å²) in [6.07, 6.45) is 2.25. The van der Waals surface area contributed by atoms with E-state index in [0.717, 1.165) is 19.3 Å². The fraction of sp³-hybridized carbons (Fsp3) is 0.571. The Bertz CT molecular complexity index is 786. The highest BCUT2D eigenvalue weighted by Gasteiger charge is 2.46. The van der Waals surface area contributed by atoms with Crippen molar-refractivity contribution in [2.24, 2.45) is 11.0 Å². The second-order valence-corrected chi connectivity index (χ2v) is 7.67. The molecular formula is C21H29N3O4. The molecule has 0 aliphatic carbocycles. The van der Waals surface area contributed by atoms with Crippen molar-refractivity contribution in [2.75, 3.05) is 18.1 Å². The van der Waals surface area contributed by atoms with Crippen molar-refractivity contribution in [3.8, 4) is 0 Å². The molecule has 2 heterocycles. The summed E-state index contributed by atoms with van der Waals surface area (Å²) in [5.74, 6) is -0.345. The summed E-state index contributed by atoms with van der Waals surface area (Å²) in [7, 11) is 0. The predicted molar refractivity (Wildman–Crippen MR) is 107 cm³/mol. The maximum absolute atomic E-state index is 12.9. The molecule has 0 spiro atoms. The Morgan fingerprint density at radius 2 is 2.00 bits per heavy atom. The van der Waals surface area contributed by atoms with Crippen LogP contribution < -0.4 is 5.01 Å². The lowest BCUT2D eigenvalue weighted by molar-refractivity contribution is -0.129. The Morgan fingerprint density at radius 1 is 1.32 bits per heavy atom. The number of aliphatic hydroxyl groups excluding tert-OH is 1. The Kier molecular flexibility index (Phi) is 5.86. The van der Waals surface area contributed by atoms with Gasteiger partial charge in [0.05, 0.1) is 17.5 Å². The molecule has 2 aliphatic heterocycles. The first-order valence-corrected chi connectivity index (χ1v) is 10.0. The number of benzene rings is 1. The van der Waals surface area contributed by atoms with Crippen molar-refractivity contribution in [1.82, 2.24) is 4.90 Å². The molecule has 1 aromatic carbocycles. The van der Waals surface area contributed by atoms with Crippen LogP contribution in [0.4, 0.5) is 5.69 Å². The summed E-state index contributed by atoms with van der Waals surface area (Å²) >= 11 is 0. The monoisotopic (exact) mass is 387 g/mol. The van der Waals surface area contributed by atoms with Gasteiger partial charge < -0.3 is 15.1 Å². The molecular weight excluding hydrogens is 358 g/mol. The Labute approximate surface area is 165 Å². The van der Waals surface area contributed by atoms with E-state index in [1.807, 2.05) is 6.92 Å². The third-order valence-corrected chi connectivity index (χ3v) is 6.03. The Hall–Kier alpha value is -2.25. The molecule has 1 aromatic rings. The molecule has 152 valence electrons. The third-order valence-electron chi connectivity index (χ3n) is 6.03. The van der Waals surface area contributed by atoms with Crippen LogP contribution in [-0.4, -0.2) is 57.4 Å². The van der Waals surface area contributed by atoms with Crippen molar-refractivity contribution in [2.45, 2.75) is 58.2 Å². The van der Waals surface area contributed by atoms with Gasteiger partial charge in [-0.15, -0.1) is 0 Å². The number of anilines is 1. The van der Waals surface area contributed by atoms with Crippen LogP contribution in [0.25, 0.3) is 0 Å². The Balaban J connectivity index is 1.74. The highest BCUT2D eigenvalue weighted by Crippen LogP contribution is 2.30. The van der Waals surface area contributed by atoms with E-state index in [1.165, 1.54) is 5.01 Å². The lowest BCUT2D eigenvalue weighted by Gasteiger charge is -2.34. The Morgan fingerprint density at radius 3 is 2.57 bits per heavy atom. The third kappa shape index (κ3) is 3.56. The zero-order valence-corrected chi connectivity index (χ0v) is 16.8. The summed E-state index contributed by atoms with van der Waals surface area (Å²) in [6, 6.07) is 6.79. The molecule has 2 amide bonds. The van der Waals surface area contributed by atoms with Gasteiger partial charge in [-0.1, -0.05) is 19.9 Å². The van der Waals surface area contributed by atoms with Crippen LogP contribution in [0.5, 0.6) is 0 Å². The van der Waals surface area contributed by atoms with Gasteiger partial charge in [-0.25, -0.2) is 0 Å². The van der Waals surface area contributed by atoms with Gasteiger partial charge in [-0.3, -0.25) is 9.59 Å². The van der Waals surface area contributed by atoms with E-state index in [2.05, 4.69) is 5.10 Å². The van der Waals surface area contributed by atoms with E-state index < -0.39 is 11.5 Å². The predicted octanol–water partition coefficient (Wildman–Crippen LogP) is 2.17. The first-order valence-electron chi connectivity index (χ1n) is 10.0. The smallest absolute Gasteiger partial charge is 0.285 e. The molecule has 2 N–H and O–H groups in total. The van der Waals surface area contributed by atoms with Crippen LogP contribution in [0, 0.1) is 5.92 Å². The molecule has 7 nitrogen and oxygen atoms in total. The number of hydrogen-bond acceptors (Lipinski definition) is 5. The van der Waals surface area contributed by atoms with Gasteiger partial charge in [0.2, 0.25) is 0 Å². The minimum atomic E-state index is -1.58. The molecule has 3 rings (SSSR count). The molecule has 0 bridgehead atoms. The first-order chi connectivity index (χ1) is 13.3. The molecule has 28 heavy (non-hydrogen) atoms. The fourth-order valence-electron chi connectivity index (χ4n) is 3.96. The number of carbonyl (C=O) groups is 2. The molecule has 0 unspecified atom stereocenters. The highest BCUT2D eigenvalue weighted by atomic mass is 16.3. The standard InChI is InChI=1S/C21H29N3O4/c1-4-18(25)15-9-11-23(12-10-15)19(26)16-7-6-8-17(13-16)24-20(27)21(28,5-2)14(3)22-24/h6-8,13,15,18,25,28H,4-5,9-12H2,1-3H3/t18-,21+/m0/s1. The lowest BCUT2D eigenvalue weighted by atomic mass is 9.90. The van der Waals surface area contributed by atoms with Crippen molar-refractivity contribution < 1.29 is 19.8 Å². The minimum absolute atomic E-state index is 0.0932. The lowest BCUT2D eigenvalue weighted by Crippen LogP contribution is -2.45. The van der Waals surface area contributed by atoms with E-state index in [-0.39, 0.29) is 24.3 Å². The summed E-state index contributed by atoms with van der Waals surface area (Å²) in [5, 5.41) is 25.9. The van der Waals surface area contributed by atoms with E-state index in [4.69, 9.17) is 0 Å². The maximum Gasteiger partial charge on any atom is 0.285 e. The van der Waals surface area contributed by atoms with Crippen molar-refractivity contribution in [3.63, 3.8) is 0 Å². The quantitative estimate of drug-likeness (QED) is 0.810. The van der Waals surface area contributed by atoms with E-state index >= 15 is 0 Å². The molecule has 2 atom stereocenters. The topological polar surface area (TPSA) is 93.4 Å². The van der Waals surface area contributed by atoms with Gasteiger partial charge in [0.1, 0.15) is 0 Å². The molecule has 0 saturated carbocycles.